The standard InChI is InChI=1S/C19H17ClN2O3/c1-3-13-6-4-5-7-16(13)22-19(24)14(11-21)8-12-9-15(20)18(23)17(10-12)25-2/h4-10,23H,3H2,1-2H3,(H,22,24)/b14-8+. The third kappa shape index (κ3) is 4.31. The average Bonchev–Trinajstić information content (AvgIpc) is 2.62. The van der Waals surface area contributed by atoms with Crippen LogP contribution in [0.25, 0.3) is 6.08 Å². The third-order valence-corrected chi connectivity index (χ3v) is 3.88. The van der Waals surface area contributed by atoms with Crippen LogP contribution in [0.2, 0.25) is 5.02 Å². The molecule has 2 aromatic rings. The predicted molar refractivity (Wildman–Crippen MR) is 97.7 cm³/mol. The van der Waals surface area contributed by atoms with E-state index in [2.05, 4.69) is 5.32 Å². The highest BCUT2D eigenvalue weighted by Gasteiger charge is 2.13. The summed E-state index contributed by atoms with van der Waals surface area (Å²) in [7, 11) is 1.39. The highest BCUT2D eigenvalue weighted by atomic mass is 35.5. The second kappa shape index (κ2) is 8.22. The molecule has 2 rings (SSSR count). The number of nitrogens with one attached hydrogen (secondary N) is 1. The number of rotatable bonds is 5. The van der Waals surface area contributed by atoms with Crippen molar-refractivity contribution in [2.24, 2.45) is 0 Å². The van der Waals surface area contributed by atoms with Gasteiger partial charge in [-0.15, -0.1) is 0 Å². The number of amides is 1. The van der Waals surface area contributed by atoms with Crippen LogP contribution in [-0.2, 0) is 11.2 Å². The minimum atomic E-state index is -0.522. The van der Waals surface area contributed by atoms with Crippen molar-refractivity contribution < 1.29 is 14.6 Å². The molecule has 0 aliphatic rings. The number of nitrogens with zero attached hydrogens (tertiary/aromatic N) is 1. The lowest BCUT2D eigenvalue weighted by atomic mass is 10.1. The van der Waals surface area contributed by atoms with Crippen molar-refractivity contribution >= 4 is 29.3 Å². The fourth-order valence-electron chi connectivity index (χ4n) is 2.29. The lowest BCUT2D eigenvalue weighted by molar-refractivity contribution is -0.112. The highest BCUT2D eigenvalue weighted by Crippen LogP contribution is 2.35. The molecule has 0 aliphatic carbocycles. The molecule has 5 nitrogen and oxygen atoms in total. The van der Waals surface area contributed by atoms with Gasteiger partial charge in [0, 0.05) is 5.69 Å². The quantitative estimate of drug-likeness (QED) is 0.622. The van der Waals surface area contributed by atoms with Gasteiger partial charge in [0.2, 0.25) is 0 Å². The molecule has 0 aromatic heterocycles. The largest absolute Gasteiger partial charge is 0.503 e. The number of aromatic hydroxyl groups is 1. The summed E-state index contributed by atoms with van der Waals surface area (Å²) in [6.07, 6.45) is 2.14. The van der Waals surface area contributed by atoms with E-state index >= 15 is 0 Å². The van der Waals surface area contributed by atoms with E-state index in [4.69, 9.17) is 16.3 Å². The van der Waals surface area contributed by atoms with E-state index in [1.165, 1.54) is 25.3 Å². The Balaban J connectivity index is 2.33. The van der Waals surface area contributed by atoms with Gasteiger partial charge in [0.05, 0.1) is 12.1 Å². The highest BCUT2D eigenvalue weighted by molar-refractivity contribution is 6.32. The summed E-state index contributed by atoms with van der Waals surface area (Å²) in [5, 5.41) is 21.9. The Morgan fingerprint density at radius 3 is 2.76 bits per heavy atom. The molecular formula is C19H17ClN2O3. The zero-order chi connectivity index (χ0) is 18.4. The molecule has 6 heteroatoms. The van der Waals surface area contributed by atoms with E-state index in [1.54, 1.807) is 6.07 Å². The minimum Gasteiger partial charge on any atom is -0.503 e. The van der Waals surface area contributed by atoms with Crippen molar-refractivity contribution in [3.8, 4) is 17.6 Å². The molecule has 0 atom stereocenters. The van der Waals surface area contributed by atoms with Crippen molar-refractivity contribution in [3.63, 3.8) is 0 Å². The van der Waals surface area contributed by atoms with Crippen LogP contribution in [-0.4, -0.2) is 18.1 Å². The topological polar surface area (TPSA) is 82.4 Å². The number of carbonyl (C=O) groups is 1. The summed E-state index contributed by atoms with van der Waals surface area (Å²) < 4.78 is 5.02. The van der Waals surface area contributed by atoms with E-state index < -0.39 is 5.91 Å². The maximum atomic E-state index is 12.4. The monoisotopic (exact) mass is 356 g/mol. The number of aryl methyl sites for hydroxylation is 1. The number of ether oxygens (including phenoxy) is 1. The molecule has 1 amide bonds. The molecule has 0 unspecified atom stereocenters. The maximum absolute atomic E-state index is 12.4. The molecular weight excluding hydrogens is 340 g/mol. The van der Waals surface area contributed by atoms with E-state index in [9.17, 15) is 15.2 Å². The van der Waals surface area contributed by atoms with Crippen LogP contribution in [0.1, 0.15) is 18.1 Å². The zero-order valence-corrected chi connectivity index (χ0v) is 14.6. The molecule has 0 fully saturated rings. The first-order valence-electron chi connectivity index (χ1n) is 7.57. The first-order chi connectivity index (χ1) is 12.0. The first kappa shape index (κ1) is 18.4. The summed E-state index contributed by atoms with van der Waals surface area (Å²) in [5.41, 5.74) is 2.02. The zero-order valence-electron chi connectivity index (χ0n) is 13.8. The van der Waals surface area contributed by atoms with Gasteiger partial charge in [0.25, 0.3) is 5.91 Å². The predicted octanol–water partition coefficient (Wildman–Crippen LogP) is 4.16. The molecule has 128 valence electrons. The number of para-hydroxylation sites is 1. The van der Waals surface area contributed by atoms with Gasteiger partial charge >= 0.3 is 0 Å². The third-order valence-electron chi connectivity index (χ3n) is 3.59. The fraction of sp³-hybridized carbons (Fsp3) is 0.158. The van der Waals surface area contributed by atoms with E-state index in [0.29, 0.717) is 11.3 Å². The number of hydrogen-bond donors (Lipinski definition) is 2. The van der Waals surface area contributed by atoms with Crippen LogP contribution in [0.3, 0.4) is 0 Å². The van der Waals surface area contributed by atoms with Gasteiger partial charge < -0.3 is 15.2 Å². The normalized spacial score (nSPS) is 10.9. The number of phenolic OH excluding ortho intramolecular Hbond substituents is 1. The number of halogens is 1. The van der Waals surface area contributed by atoms with Gasteiger partial charge in [0.1, 0.15) is 11.6 Å². The lowest BCUT2D eigenvalue weighted by Crippen LogP contribution is -2.14. The SMILES string of the molecule is CCc1ccccc1NC(=O)/C(C#N)=C/c1cc(Cl)c(O)c(OC)c1. The maximum Gasteiger partial charge on any atom is 0.266 e. The first-order valence-corrected chi connectivity index (χ1v) is 7.95. The van der Waals surface area contributed by atoms with Crippen molar-refractivity contribution in [1.82, 2.24) is 0 Å². The summed E-state index contributed by atoms with van der Waals surface area (Å²) >= 11 is 5.93. The van der Waals surface area contributed by atoms with Crippen LogP contribution in [0.15, 0.2) is 42.0 Å². The Labute approximate surface area is 151 Å². The van der Waals surface area contributed by atoms with Gasteiger partial charge in [-0.25, -0.2) is 0 Å². The molecule has 2 N–H and O–H groups in total. The number of anilines is 1. The molecule has 0 aliphatic heterocycles. The molecule has 0 heterocycles. The van der Waals surface area contributed by atoms with Gasteiger partial charge in [-0.05, 0) is 41.8 Å². The van der Waals surface area contributed by atoms with E-state index in [-0.39, 0.29) is 22.1 Å². The van der Waals surface area contributed by atoms with Crippen LogP contribution in [0, 0.1) is 11.3 Å². The van der Waals surface area contributed by atoms with Crippen molar-refractivity contribution in [2.45, 2.75) is 13.3 Å². The molecule has 25 heavy (non-hydrogen) atoms. The Hall–Kier alpha value is -2.97. The molecule has 0 saturated carbocycles. The summed E-state index contributed by atoms with van der Waals surface area (Å²) in [4.78, 5) is 12.4. The number of phenols is 1. The van der Waals surface area contributed by atoms with Crippen LogP contribution in [0.5, 0.6) is 11.5 Å². The van der Waals surface area contributed by atoms with Crippen LogP contribution >= 0.6 is 11.6 Å². The number of benzene rings is 2. The summed E-state index contributed by atoms with van der Waals surface area (Å²) in [6, 6.07) is 12.2. The average molecular weight is 357 g/mol. The molecule has 0 radical (unpaired) electrons. The summed E-state index contributed by atoms with van der Waals surface area (Å²) in [5.74, 6) is -0.555. The van der Waals surface area contributed by atoms with Crippen molar-refractivity contribution in [2.75, 3.05) is 12.4 Å². The summed E-state index contributed by atoms with van der Waals surface area (Å²) in [6.45, 7) is 1.98. The van der Waals surface area contributed by atoms with E-state index in [0.717, 1.165) is 12.0 Å². The number of hydrogen-bond acceptors (Lipinski definition) is 4. The van der Waals surface area contributed by atoms with Gasteiger partial charge in [-0.1, -0.05) is 36.7 Å². The minimum absolute atomic E-state index is 0.0691. The van der Waals surface area contributed by atoms with Gasteiger partial charge in [-0.2, -0.15) is 5.26 Å². The lowest BCUT2D eigenvalue weighted by Gasteiger charge is -2.09. The Morgan fingerprint density at radius 1 is 1.40 bits per heavy atom. The second-order valence-corrected chi connectivity index (χ2v) is 5.60. The molecule has 2 aromatic carbocycles. The molecule has 0 bridgehead atoms. The Bertz CT molecular complexity index is 869. The number of methoxy groups -OCH3 is 1. The van der Waals surface area contributed by atoms with Crippen LogP contribution in [0.4, 0.5) is 5.69 Å². The van der Waals surface area contributed by atoms with Crippen molar-refractivity contribution in [1.29, 1.82) is 5.26 Å². The molecule has 0 spiro atoms. The van der Waals surface area contributed by atoms with Gasteiger partial charge in [0.15, 0.2) is 11.5 Å². The second-order valence-electron chi connectivity index (χ2n) is 5.19. The Kier molecular flexibility index (Phi) is 6.04. The number of nitriles is 1. The van der Waals surface area contributed by atoms with Gasteiger partial charge in [-0.3, -0.25) is 4.79 Å². The van der Waals surface area contributed by atoms with Crippen molar-refractivity contribution in [3.05, 3.63) is 58.1 Å². The number of carbonyl (C=O) groups excluding carboxylic acids is 1. The smallest absolute Gasteiger partial charge is 0.266 e. The molecule has 0 saturated heterocycles. The fourth-order valence-corrected chi connectivity index (χ4v) is 2.51. The van der Waals surface area contributed by atoms with Crippen LogP contribution < -0.4 is 10.1 Å². The Morgan fingerprint density at radius 2 is 2.12 bits per heavy atom. The van der Waals surface area contributed by atoms with E-state index in [1.807, 2.05) is 31.2 Å².